The Labute approximate surface area is 257 Å². The molecule has 1 aromatic heterocycles. The first kappa shape index (κ1) is 33.4. The van der Waals surface area contributed by atoms with Crippen molar-refractivity contribution in [1.29, 1.82) is 0 Å². The minimum absolute atomic E-state index is 0.0560. The van der Waals surface area contributed by atoms with Crippen LogP contribution in [0.1, 0.15) is 32.3 Å². The van der Waals surface area contributed by atoms with Gasteiger partial charge in [-0.1, -0.05) is 62.7 Å². The van der Waals surface area contributed by atoms with E-state index in [1.165, 1.54) is 18.9 Å². The Morgan fingerprint density at radius 3 is 2.45 bits per heavy atom. The van der Waals surface area contributed by atoms with Crippen LogP contribution < -0.4 is 10.6 Å². The van der Waals surface area contributed by atoms with Crippen molar-refractivity contribution in [3.8, 4) is 0 Å². The number of nitrogens with zero attached hydrogens (tertiary/aromatic N) is 2. The van der Waals surface area contributed by atoms with E-state index in [1.54, 1.807) is 24.2 Å². The molecule has 10 heteroatoms. The van der Waals surface area contributed by atoms with Gasteiger partial charge in [0.1, 0.15) is 6.04 Å². The lowest BCUT2D eigenvalue weighted by Gasteiger charge is -2.31. The van der Waals surface area contributed by atoms with E-state index in [2.05, 4.69) is 58.6 Å². The van der Waals surface area contributed by atoms with Crippen molar-refractivity contribution < 1.29 is 19.1 Å². The molecule has 3 atom stereocenters. The SMILES string of the molecule is CCC(C)C(CN(CC(=O)NC(CCSC)C(=O)OC)Cc1cccc2ccccc12)NC(=O)CSc1ccncc1. The molecule has 3 aromatic rings. The van der Waals surface area contributed by atoms with Crippen LogP contribution in [0, 0.1) is 5.92 Å². The van der Waals surface area contributed by atoms with Gasteiger partial charge >= 0.3 is 5.97 Å². The highest BCUT2D eigenvalue weighted by molar-refractivity contribution is 8.00. The minimum atomic E-state index is -0.704. The zero-order chi connectivity index (χ0) is 30.3. The average molecular weight is 611 g/mol. The first-order chi connectivity index (χ1) is 20.3. The van der Waals surface area contributed by atoms with Gasteiger partial charge in [-0.25, -0.2) is 4.79 Å². The quantitative estimate of drug-likeness (QED) is 0.167. The third-order valence-electron chi connectivity index (χ3n) is 7.22. The summed E-state index contributed by atoms with van der Waals surface area (Å²) in [6.45, 7) is 5.28. The Morgan fingerprint density at radius 1 is 1.00 bits per heavy atom. The summed E-state index contributed by atoms with van der Waals surface area (Å²) in [6.07, 6.45) is 6.74. The lowest BCUT2D eigenvalue weighted by molar-refractivity contribution is -0.145. The van der Waals surface area contributed by atoms with E-state index in [0.717, 1.165) is 33.4 Å². The van der Waals surface area contributed by atoms with Crippen LogP contribution in [0.4, 0.5) is 0 Å². The number of benzene rings is 2. The number of amides is 2. The molecule has 0 aliphatic heterocycles. The number of fused-ring (bicyclic) bond motifs is 1. The number of esters is 1. The number of hydrogen-bond acceptors (Lipinski definition) is 8. The maximum atomic E-state index is 13.3. The summed E-state index contributed by atoms with van der Waals surface area (Å²) < 4.78 is 4.94. The molecule has 0 bridgehead atoms. The van der Waals surface area contributed by atoms with E-state index >= 15 is 0 Å². The van der Waals surface area contributed by atoms with Crippen LogP contribution >= 0.6 is 23.5 Å². The molecule has 3 rings (SSSR count). The monoisotopic (exact) mass is 610 g/mol. The molecular weight excluding hydrogens is 569 g/mol. The largest absolute Gasteiger partial charge is 0.467 e. The van der Waals surface area contributed by atoms with Crippen LogP contribution in [0.5, 0.6) is 0 Å². The van der Waals surface area contributed by atoms with Crippen LogP contribution in [-0.2, 0) is 25.7 Å². The minimum Gasteiger partial charge on any atom is -0.467 e. The van der Waals surface area contributed by atoms with Crippen molar-refractivity contribution in [2.24, 2.45) is 5.92 Å². The van der Waals surface area contributed by atoms with Crippen LogP contribution in [-0.4, -0.2) is 77.7 Å². The maximum absolute atomic E-state index is 13.3. The van der Waals surface area contributed by atoms with Crippen molar-refractivity contribution in [3.05, 3.63) is 72.6 Å². The molecule has 3 unspecified atom stereocenters. The Bertz CT molecular complexity index is 1290. The Hall–Kier alpha value is -3.08. The van der Waals surface area contributed by atoms with Crippen molar-refractivity contribution in [2.75, 3.05) is 38.0 Å². The topological polar surface area (TPSA) is 101 Å². The predicted octanol–water partition coefficient (Wildman–Crippen LogP) is 4.77. The second kappa shape index (κ2) is 17.8. The molecule has 8 nitrogen and oxygen atoms in total. The van der Waals surface area contributed by atoms with Gasteiger partial charge in [0, 0.05) is 36.4 Å². The average Bonchev–Trinajstić information content (AvgIpc) is 3.01. The maximum Gasteiger partial charge on any atom is 0.328 e. The Morgan fingerprint density at radius 2 is 1.74 bits per heavy atom. The van der Waals surface area contributed by atoms with Gasteiger partial charge in [-0.2, -0.15) is 11.8 Å². The van der Waals surface area contributed by atoms with Gasteiger partial charge in [0.2, 0.25) is 11.8 Å². The fraction of sp³-hybridized carbons (Fsp3) is 0.438. The summed E-state index contributed by atoms with van der Waals surface area (Å²) in [5, 5.41) is 8.37. The number of pyridine rings is 1. The molecule has 0 aliphatic rings. The van der Waals surface area contributed by atoms with E-state index in [1.807, 2.05) is 36.6 Å². The van der Waals surface area contributed by atoms with E-state index in [9.17, 15) is 14.4 Å². The van der Waals surface area contributed by atoms with Crippen LogP contribution in [0.2, 0.25) is 0 Å². The number of aromatic nitrogens is 1. The molecule has 2 N–H and O–H groups in total. The lowest BCUT2D eigenvalue weighted by Crippen LogP contribution is -2.51. The van der Waals surface area contributed by atoms with Crippen LogP contribution in [0.3, 0.4) is 0 Å². The molecule has 0 radical (unpaired) electrons. The summed E-state index contributed by atoms with van der Waals surface area (Å²) in [6, 6.07) is 17.3. The van der Waals surface area contributed by atoms with Gasteiger partial charge in [0.05, 0.1) is 19.4 Å². The number of carbonyl (C=O) groups excluding carboxylic acids is 3. The number of thioether (sulfide) groups is 2. The highest BCUT2D eigenvalue weighted by Gasteiger charge is 2.26. The molecule has 226 valence electrons. The highest BCUT2D eigenvalue weighted by atomic mass is 32.2. The van der Waals surface area contributed by atoms with E-state index < -0.39 is 12.0 Å². The number of carbonyl (C=O) groups is 3. The summed E-state index contributed by atoms with van der Waals surface area (Å²) in [4.78, 5) is 45.8. The fourth-order valence-corrected chi connectivity index (χ4v) is 5.86. The number of ether oxygens (including phenoxy) is 1. The number of hydrogen-bond donors (Lipinski definition) is 2. The number of methoxy groups -OCH3 is 1. The fourth-order valence-electron chi connectivity index (χ4n) is 4.69. The van der Waals surface area contributed by atoms with Gasteiger partial charge in [0.15, 0.2) is 0 Å². The molecule has 42 heavy (non-hydrogen) atoms. The molecule has 0 saturated carbocycles. The standard InChI is InChI=1S/C32H42N4O4S2/c1-5-23(2)29(35-31(38)22-42-26-13-16-33-17-14-26)20-36(19-25-11-8-10-24-9-6-7-12-27(24)25)21-30(37)34-28(15-18-41-4)32(39)40-3/h6-14,16-17,23,28-29H,5,15,18-22H2,1-4H3,(H,34,37)(H,35,38). The molecule has 0 saturated heterocycles. The highest BCUT2D eigenvalue weighted by Crippen LogP contribution is 2.21. The Kier molecular flexibility index (Phi) is 14.1. The Balaban J connectivity index is 1.80. The van der Waals surface area contributed by atoms with Gasteiger partial charge in [-0.15, -0.1) is 11.8 Å². The van der Waals surface area contributed by atoms with E-state index in [4.69, 9.17) is 4.74 Å². The smallest absolute Gasteiger partial charge is 0.328 e. The van der Waals surface area contributed by atoms with Gasteiger partial charge < -0.3 is 15.4 Å². The van der Waals surface area contributed by atoms with Crippen molar-refractivity contribution >= 4 is 52.1 Å². The lowest BCUT2D eigenvalue weighted by atomic mass is 9.97. The third kappa shape index (κ3) is 10.6. The molecule has 0 fully saturated rings. The molecular formula is C32H42N4O4S2. The summed E-state index contributed by atoms with van der Waals surface area (Å²) in [5.41, 5.74) is 1.09. The van der Waals surface area contributed by atoms with Crippen LogP contribution in [0.25, 0.3) is 10.8 Å². The summed E-state index contributed by atoms with van der Waals surface area (Å²) in [5.74, 6) is 0.432. The molecule has 2 aromatic carbocycles. The zero-order valence-electron chi connectivity index (χ0n) is 24.9. The van der Waals surface area contributed by atoms with Crippen LogP contribution in [0.15, 0.2) is 71.9 Å². The van der Waals surface area contributed by atoms with E-state index in [-0.39, 0.29) is 36.1 Å². The number of nitrogens with one attached hydrogen (secondary N) is 2. The molecule has 2 amide bonds. The first-order valence-corrected chi connectivity index (χ1v) is 16.6. The van der Waals surface area contributed by atoms with Gasteiger partial charge in [-0.05, 0) is 52.8 Å². The normalized spacial score (nSPS) is 13.4. The predicted molar refractivity (Wildman–Crippen MR) is 173 cm³/mol. The van der Waals surface area contributed by atoms with Gasteiger partial charge in [0.25, 0.3) is 0 Å². The molecule has 0 spiro atoms. The second-order valence-corrected chi connectivity index (χ2v) is 12.3. The van der Waals surface area contributed by atoms with Gasteiger partial charge in [-0.3, -0.25) is 19.5 Å². The van der Waals surface area contributed by atoms with Crippen molar-refractivity contribution in [3.63, 3.8) is 0 Å². The number of rotatable bonds is 17. The first-order valence-electron chi connectivity index (χ1n) is 14.2. The second-order valence-electron chi connectivity index (χ2n) is 10.3. The summed E-state index contributed by atoms with van der Waals surface area (Å²) in [7, 11) is 1.33. The third-order valence-corrected chi connectivity index (χ3v) is 8.88. The molecule has 1 heterocycles. The van der Waals surface area contributed by atoms with Crippen molar-refractivity contribution in [2.45, 2.75) is 50.2 Å². The zero-order valence-corrected chi connectivity index (χ0v) is 26.5. The molecule has 0 aliphatic carbocycles. The van der Waals surface area contributed by atoms with E-state index in [0.29, 0.717) is 19.5 Å². The van der Waals surface area contributed by atoms with Crippen molar-refractivity contribution in [1.82, 2.24) is 20.5 Å². The summed E-state index contributed by atoms with van der Waals surface area (Å²) >= 11 is 3.08.